The number of ether oxygens (including phenoxy) is 1. The van der Waals surface area contributed by atoms with Gasteiger partial charge in [0.2, 0.25) is 0 Å². The molecule has 2 rings (SSSR count). The van der Waals surface area contributed by atoms with Gasteiger partial charge in [-0.1, -0.05) is 0 Å². The van der Waals surface area contributed by atoms with E-state index in [-0.39, 0.29) is 0 Å². The third-order valence-electron chi connectivity index (χ3n) is 2.30. The van der Waals surface area contributed by atoms with Crippen LogP contribution in [-0.4, -0.2) is 38.6 Å². The maximum Gasteiger partial charge on any atom is 0.185 e. The third kappa shape index (κ3) is 1.52. The van der Waals surface area contributed by atoms with Gasteiger partial charge in [0.25, 0.3) is 0 Å². The fourth-order valence-electron chi connectivity index (χ4n) is 1.30. The maximum absolute atomic E-state index is 5.63. The fraction of sp³-hybridized carbons (Fsp3) is 1.00. The predicted molar refractivity (Wildman–Crippen MR) is 42.6 cm³/mol. The van der Waals surface area contributed by atoms with Crippen LogP contribution in [0.25, 0.3) is 0 Å². The second-order valence-corrected chi connectivity index (χ2v) is 3.62. The zero-order valence-electron chi connectivity index (χ0n) is 6.55. The molecule has 0 atom stereocenters. The summed E-state index contributed by atoms with van der Waals surface area (Å²) in [6, 6.07) is 0. The molecule has 2 aliphatic rings. The first-order chi connectivity index (χ1) is 4.84. The van der Waals surface area contributed by atoms with Gasteiger partial charge < -0.3 is 9.55 Å². The molecule has 2 fully saturated rings. The molecule has 0 spiro atoms. The first kappa shape index (κ1) is 6.68. The minimum Gasteiger partial charge on any atom is -0.375 e. The van der Waals surface area contributed by atoms with Gasteiger partial charge in [0.05, 0.1) is 6.10 Å². The van der Waals surface area contributed by atoms with Crippen molar-refractivity contribution in [3.63, 3.8) is 0 Å². The quantitative estimate of drug-likeness (QED) is 0.495. The summed E-state index contributed by atoms with van der Waals surface area (Å²) < 4.78 is 5.63. The van der Waals surface area contributed by atoms with Crippen LogP contribution < -0.4 is 0 Å². The fourth-order valence-corrected chi connectivity index (χ4v) is 1.30. The molecule has 1 aliphatic heterocycles. The Morgan fingerprint density at radius 2 is 2.10 bits per heavy atom. The first-order valence-corrected chi connectivity index (χ1v) is 4.15. The van der Waals surface area contributed by atoms with E-state index < -0.39 is 0 Å². The number of hydrogen-bond acceptors (Lipinski definition) is 2. The largest absolute Gasteiger partial charge is 0.375 e. The highest BCUT2D eigenvalue weighted by atomic mass is 16.5. The molecule has 0 aromatic heterocycles. The molecule has 0 aromatic rings. The van der Waals surface area contributed by atoms with Crippen LogP contribution in [0.3, 0.4) is 0 Å². The Morgan fingerprint density at radius 1 is 1.40 bits per heavy atom. The summed E-state index contributed by atoms with van der Waals surface area (Å²) in [7, 11) is 2.14. The van der Waals surface area contributed by atoms with E-state index in [0.717, 1.165) is 25.6 Å². The van der Waals surface area contributed by atoms with Crippen LogP contribution in [0.2, 0.25) is 0 Å². The van der Waals surface area contributed by atoms with Gasteiger partial charge in [0.1, 0.15) is 0 Å². The molecule has 2 nitrogen and oxygen atoms in total. The molecule has 0 aromatic carbocycles. The van der Waals surface area contributed by atoms with Crippen molar-refractivity contribution in [3.05, 3.63) is 0 Å². The van der Waals surface area contributed by atoms with Crippen molar-refractivity contribution in [1.29, 1.82) is 0 Å². The van der Waals surface area contributed by atoms with Gasteiger partial charge in [-0.25, -0.2) is 0 Å². The lowest BCUT2D eigenvalue weighted by Crippen LogP contribution is -2.50. The maximum atomic E-state index is 5.63. The summed E-state index contributed by atoms with van der Waals surface area (Å²) >= 11 is 0. The summed E-state index contributed by atoms with van der Waals surface area (Å²) in [5, 5.41) is 0. The van der Waals surface area contributed by atoms with E-state index in [1.807, 2.05) is 0 Å². The molecule has 1 heterocycles. The van der Waals surface area contributed by atoms with Crippen molar-refractivity contribution in [1.82, 2.24) is 4.81 Å². The van der Waals surface area contributed by atoms with Crippen LogP contribution in [-0.2, 0) is 4.74 Å². The van der Waals surface area contributed by atoms with Crippen molar-refractivity contribution < 1.29 is 4.74 Å². The molecule has 0 bridgehead atoms. The number of nitrogens with zero attached hydrogens (tertiary/aromatic N) is 1. The van der Waals surface area contributed by atoms with E-state index in [1.54, 1.807) is 0 Å². The normalized spacial score (nSPS) is 28.4. The summed E-state index contributed by atoms with van der Waals surface area (Å²) in [6.45, 7) is 3.32. The molecule has 0 N–H and O–H groups in total. The lowest BCUT2D eigenvalue weighted by atomic mass is 10.1. The Bertz CT molecular complexity index is 121. The highest BCUT2D eigenvalue weighted by Gasteiger charge is 2.27. The predicted octanol–water partition coefficient (Wildman–Crippen LogP) is -0.355. The van der Waals surface area contributed by atoms with E-state index in [4.69, 9.17) is 4.74 Å². The zero-order chi connectivity index (χ0) is 6.97. The average Bonchev–Trinajstić information content (AvgIpc) is 2.60. The van der Waals surface area contributed by atoms with Gasteiger partial charge in [-0.2, -0.15) is 0 Å². The Balaban J connectivity index is 1.54. The first-order valence-electron chi connectivity index (χ1n) is 4.15. The minimum absolute atomic E-state index is 0.561. The van der Waals surface area contributed by atoms with E-state index >= 15 is 0 Å². The van der Waals surface area contributed by atoms with Crippen LogP contribution in [0, 0.1) is 5.92 Å². The Hall–Kier alpha value is -0.0151. The zero-order valence-corrected chi connectivity index (χ0v) is 6.55. The molecule has 0 radical (unpaired) electrons. The van der Waals surface area contributed by atoms with E-state index in [1.165, 1.54) is 12.8 Å². The molecule has 56 valence electrons. The van der Waals surface area contributed by atoms with Crippen molar-refractivity contribution in [3.8, 4) is 0 Å². The smallest absolute Gasteiger partial charge is 0.185 e. The highest BCUT2D eigenvalue weighted by Crippen LogP contribution is 2.29. The van der Waals surface area contributed by atoms with E-state index in [2.05, 4.69) is 12.8 Å². The Morgan fingerprint density at radius 3 is 2.60 bits per heavy atom. The van der Waals surface area contributed by atoms with Gasteiger partial charge in [-0.15, -0.1) is 0 Å². The van der Waals surface area contributed by atoms with Crippen LogP contribution in [0.4, 0.5) is 0 Å². The topological polar surface area (TPSA) is 12.5 Å². The van der Waals surface area contributed by atoms with Crippen LogP contribution >= 0.6 is 0 Å². The summed E-state index contributed by atoms with van der Waals surface area (Å²) in [6.07, 6.45) is 3.37. The minimum atomic E-state index is 0.561. The summed E-state index contributed by atoms with van der Waals surface area (Å²) in [4.78, 5) is 2.29. The summed E-state index contributed by atoms with van der Waals surface area (Å²) in [5.41, 5.74) is 0. The average molecular weight is 139 g/mol. The van der Waals surface area contributed by atoms with Gasteiger partial charge >= 0.3 is 0 Å². The summed E-state index contributed by atoms with van der Waals surface area (Å²) in [5.74, 6) is 0.922. The van der Waals surface area contributed by atoms with E-state index in [0.29, 0.717) is 6.10 Å². The van der Waals surface area contributed by atoms with Crippen LogP contribution in [0.5, 0.6) is 0 Å². The number of rotatable bonds is 3. The van der Waals surface area contributed by atoms with E-state index in [9.17, 15) is 0 Å². The van der Waals surface area contributed by atoms with Crippen molar-refractivity contribution in [2.45, 2.75) is 18.9 Å². The number of hydrogen-bond donors (Lipinski definition) is 0. The molecule has 1 saturated carbocycles. The Kier molecular flexibility index (Phi) is 1.70. The van der Waals surface area contributed by atoms with Gasteiger partial charge in [0, 0.05) is 19.7 Å². The second-order valence-electron chi connectivity index (χ2n) is 3.62. The van der Waals surface area contributed by atoms with Crippen molar-refractivity contribution in [2.75, 3.05) is 19.7 Å². The lowest BCUT2D eigenvalue weighted by Gasteiger charge is -2.36. The molecule has 1 saturated heterocycles. The van der Waals surface area contributed by atoms with Crippen LogP contribution in [0.1, 0.15) is 12.8 Å². The highest BCUT2D eigenvalue weighted by molar-refractivity contribution is 6.04. The molecular formula is C7H14BNO. The molecule has 0 amide bonds. The SMILES string of the molecule is BN1CC(OCC2CC2)C1. The van der Waals surface area contributed by atoms with Gasteiger partial charge in [-0.3, -0.25) is 0 Å². The van der Waals surface area contributed by atoms with Crippen LogP contribution in [0.15, 0.2) is 0 Å². The second kappa shape index (κ2) is 2.55. The Labute approximate surface area is 63.0 Å². The monoisotopic (exact) mass is 139 g/mol. The molecule has 3 heteroatoms. The van der Waals surface area contributed by atoms with Crippen molar-refractivity contribution >= 4 is 7.98 Å². The molecular weight excluding hydrogens is 125 g/mol. The molecule has 0 unspecified atom stereocenters. The lowest BCUT2D eigenvalue weighted by molar-refractivity contribution is -0.0241. The molecule has 1 aliphatic carbocycles. The third-order valence-corrected chi connectivity index (χ3v) is 2.30. The van der Waals surface area contributed by atoms with Gasteiger partial charge in [-0.05, 0) is 18.8 Å². The standard InChI is InChI=1S/C7H14BNO/c8-9-3-7(4-9)10-5-6-1-2-6/h6-7H,1-5,8H2. The van der Waals surface area contributed by atoms with Gasteiger partial charge in [0.15, 0.2) is 7.98 Å². The molecule has 10 heavy (non-hydrogen) atoms. The van der Waals surface area contributed by atoms with Crippen molar-refractivity contribution in [2.24, 2.45) is 5.92 Å².